The molecule has 4 aromatic rings. The second kappa shape index (κ2) is 13.5. The van der Waals surface area contributed by atoms with Crippen molar-refractivity contribution in [2.45, 2.75) is 4.90 Å². The zero-order valence-electron chi connectivity index (χ0n) is 21.0. The predicted octanol–water partition coefficient (Wildman–Crippen LogP) is 6.73. The molecule has 0 spiro atoms. The Kier molecular flexibility index (Phi) is 9.56. The van der Waals surface area contributed by atoms with E-state index >= 15 is 0 Å². The van der Waals surface area contributed by atoms with Gasteiger partial charge in [-0.1, -0.05) is 48.0 Å². The molecule has 0 radical (unpaired) electrons. The fourth-order valence-corrected chi connectivity index (χ4v) is 4.55. The van der Waals surface area contributed by atoms with Crippen molar-refractivity contribution in [3.63, 3.8) is 0 Å². The van der Waals surface area contributed by atoms with E-state index in [1.54, 1.807) is 104 Å². The second-order valence-electron chi connectivity index (χ2n) is 8.36. The van der Waals surface area contributed by atoms with Gasteiger partial charge in [0.05, 0.1) is 12.9 Å². The average molecular weight is 557 g/mol. The summed E-state index contributed by atoms with van der Waals surface area (Å²) >= 11 is 7.26. The molecule has 0 aliphatic heterocycles. The van der Waals surface area contributed by atoms with Gasteiger partial charge >= 0.3 is 0 Å². The molecule has 2 amide bonds. The Labute approximate surface area is 236 Å². The summed E-state index contributed by atoms with van der Waals surface area (Å²) < 4.78 is 5.28. The van der Waals surface area contributed by atoms with E-state index in [0.29, 0.717) is 33.1 Å². The van der Waals surface area contributed by atoms with E-state index in [4.69, 9.17) is 16.3 Å². The number of carbonyl (C=O) groups is 3. The lowest BCUT2D eigenvalue weighted by molar-refractivity contribution is -0.113. The maximum atomic E-state index is 13.3. The van der Waals surface area contributed by atoms with Gasteiger partial charge in [0.2, 0.25) is 0 Å². The highest BCUT2D eigenvalue weighted by Gasteiger charge is 2.16. The number of anilines is 1. The van der Waals surface area contributed by atoms with Gasteiger partial charge in [-0.2, -0.15) is 0 Å². The van der Waals surface area contributed by atoms with Crippen molar-refractivity contribution < 1.29 is 19.1 Å². The topological polar surface area (TPSA) is 84.5 Å². The first-order valence-corrected chi connectivity index (χ1v) is 13.3. The Morgan fingerprint density at radius 1 is 0.846 bits per heavy atom. The monoisotopic (exact) mass is 556 g/mol. The minimum atomic E-state index is -0.499. The number of rotatable bonds is 10. The van der Waals surface area contributed by atoms with Gasteiger partial charge in [0, 0.05) is 26.7 Å². The molecule has 0 saturated carbocycles. The number of ketones is 1. The molecule has 39 heavy (non-hydrogen) atoms. The molecule has 0 heterocycles. The van der Waals surface area contributed by atoms with Crippen LogP contribution in [0.5, 0.6) is 5.75 Å². The van der Waals surface area contributed by atoms with Crippen molar-refractivity contribution in [3.05, 3.63) is 131 Å². The van der Waals surface area contributed by atoms with Crippen LogP contribution in [-0.2, 0) is 4.79 Å². The van der Waals surface area contributed by atoms with E-state index in [-0.39, 0.29) is 17.2 Å². The molecular formula is C31H25ClN2O4S. The summed E-state index contributed by atoms with van der Waals surface area (Å²) in [6, 6.07) is 29.7. The van der Waals surface area contributed by atoms with Crippen LogP contribution >= 0.6 is 23.4 Å². The molecule has 4 rings (SSSR count). The van der Waals surface area contributed by atoms with Crippen molar-refractivity contribution in [2.24, 2.45) is 0 Å². The standard InChI is InChI=1S/C31H25ClN2O4S/c1-38-26-11-5-7-21(17-26)18-28(34-30(36)23-8-3-2-4-9-23)31(37)33-25-10-6-12-27(19-25)39-20-29(35)22-13-15-24(32)16-14-22/h2-19H,20H2,1H3,(H,33,37)(H,34,36)/b28-18-. The first-order valence-electron chi connectivity index (χ1n) is 12.0. The molecule has 0 aromatic heterocycles. The highest BCUT2D eigenvalue weighted by Crippen LogP contribution is 2.24. The molecule has 6 nitrogen and oxygen atoms in total. The summed E-state index contributed by atoms with van der Waals surface area (Å²) in [5, 5.41) is 6.15. The molecule has 0 aliphatic carbocycles. The fraction of sp³-hybridized carbons (Fsp3) is 0.0645. The molecular weight excluding hydrogens is 532 g/mol. The largest absolute Gasteiger partial charge is 0.497 e. The number of hydrogen-bond acceptors (Lipinski definition) is 5. The molecule has 0 saturated heterocycles. The number of benzene rings is 4. The predicted molar refractivity (Wildman–Crippen MR) is 156 cm³/mol. The number of hydrogen-bond donors (Lipinski definition) is 2. The van der Waals surface area contributed by atoms with E-state index in [1.807, 2.05) is 12.1 Å². The number of halogens is 1. The van der Waals surface area contributed by atoms with Crippen LogP contribution < -0.4 is 15.4 Å². The first kappa shape index (κ1) is 27.7. The lowest BCUT2D eigenvalue weighted by Crippen LogP contribution is -2.30. The van der Waals surface area contributed by atoms with Crippen LogP contribution in [0.1, 0.15) is 26.3 Å². The molecule has 2 N–H and O–H groups in total. The van der Waals surface area contributed by atoms with Gasteiger partial charge in [-0.15, -0.1) is 11.8 Å². The Morgan fingerprint density at radius 3 is 2.33 bits per heavy atom. The van der Waals surface area contributed by atoms with Crippen LogP contribution in [0, 0.1) is 0 Å². The van der Waals surface area contributed by atoms with E-state index < -0.39 is 11.8 Å². The number of Topliss-reactive ketones (excluding diaryl/α,β-unsaturated/α-hetero) is 1. The minimum Gasteiger partial charge on any atom is -0.497 e. The maximum Gasteiger partial charge on any atom is 0.272 e. The van der Waals surface area contributed by atoms with Gasteiger partial charge in [-0.05, 0) is 78.4 Å². The molecule has 0 bridgehead atoms. The maximum absolute atomic E-state index is 13.3. The Balaban J connectivity index is 1.50. The molecule has 4 aromatic carbocycles. The molecule has 0 aliphatic rings. The Morgan fingerprint density at radius 2 is 1.59 bits per heavy atom. The summed E-state index contributed by atoms with van der Waals surface area (Å²) in [7, 11) is 1.56. The van der Waals surface area contributed by atoms with E-state index in [1.165, 1.54) is 11.8 Å². The van der Waals surface area contributed by atoms with Gasteiger partial charge in [0.25, 0.3) is 11.8 Å². The lowest BCUT2D eigenvalue weighted by Gasteiger charge is -2.12. The van der Waals surface area contributed by atoms with E-state index in [9.17, 15) is 14.4 Å². The van der Waals surface area contributed by atoms with E-state index in [2.05, 4.69) is 10.6 Å². The normalized spacial score (nSPS) is 11.0. The third-order valence-electron chi connectivity index (χ3n) is 5.56. The number of thioether (sulfide) groups is 1. The fourth-order valence-electron chi connectivity index (χ4n) is 3.57. The first-order chi connectivity index (χ1) is 18.9. The van der Waals surface area contributed by atoms with Crippen LogP contribution in [0.2, 0.25) is 5.02 Å². The average Bonchev–Trinajstić information content (AvgIpc) is 2.96. The summed E-state index contributed by atoms with van der Waals surface area (Å²) in [5.41, 5.74) is 2.27. The Bertz CT molecular complexity index is 1500. The third kappa shape index (κ3) is 8.07. The lowest BCUT2D eigenvalue weighted by atomic mass is 10.1. The highest BCUT2D eigenvalue weighted by atomic mass is 35.5. The van der Waals surface area contributed by atoms with Gasteiger partial charge in [-0.3, -0.25) is 14.4 Å². The number of carbonyl (C=O) groups excluding carboxylic acids is 3. The third-order valence-corrected chi connectivity index (χ3v) is 6.81. The van der Waals surface area contributed by atoms with Crippen LogP contribution in [0.3, 0.4) is 0 Å². The van der Waals surface area contributed by atoms with Gasteiger partial charge < -0.3 is 15.4 Å². The highest BCUT2D eigenvalue weighted by molar-refractivity contribution is 8.00. The molecule has 8 heteroatoms. The van der Waals surface area contributed by atoms with Crippen LogP contribution in [0.25, 0.3) is 6.08 Å². The second-order valence-corrected chi connectivity index (χ2v) is 9.84. The van der Waals surface area contributed by atoms with Crippen molar-refractivity contribution in [3.8, 4) is 5.75 Å². The zero-order chi connectivity index (χ0) is 27.6. The molecule has 0 atom stereocenters. The quantitative estimate of drug-likeness (QED) is 0.128. The number of ether oxygens (including phenoxy) is 1. The number of nitrogens with one attached hydrogen (secondary N) is 2. The summed E-state index contributed by atoms with van der Waals surface area (Å²) in [6.45, 7) is 0. The smallest absolute Gasteiger partial charge is 0.272 e. The molecule has 196 valence electrons. The van der Waals surface area contributed by atoms with Crippen molar-refractivity contribution in [2.75, 3.05) is 18.2 Å². The SMILES string of the molecule is COc1cccc(/C=C(\NC(=O)c2ccccc2)C(=O)Nc2cccc(SCC(=O)c3ccc(Cl)cc3)c2)c1. The van der Waals surface area contributed by atoms with Gasteiger partial charge in [0.1, 0.15) is 11.4 Å². The number of amides is 2. The van der Waals surface area contributed by atoms with Gasteiger partial charge in [0.15, 0.2) is 5.78 Å². The van der Waals surface area contributed by atoms with Crippen LogP contribution in [-0.4, -0.2) is 30.5 Å². The van der Waals surface area contributed by atoms with Crippen LogP contribution in [0.15, 0.2) is 114 Å². The summed E-state index contributed by atoms with van der Waals surface area (Å²) in [4.78, 5) is 39.5. The molecule has 0 unspecified atom stereocenters. The van der Waals surface area contributed by atoms with Crippen molar-refractivity contribution in [1.29, 1.82) is 0 Å². The minimum absolute atomic E-state index is 0.0294. The van der Waals surface area contributed by atoms with Crippen LogP contribution in [0.4, 0.5) is 5.69 Å². The summed E-state index contributed by atoms with van der Waals surface area (Å²) in [5.74, 6) is -0.0897. The van der Waals surface area contributed by atoms with Crippen molar-refractivity contribution in [1.82, 2.24) is 5.32 Å². The summed E-state index contributed by atoms with van der Waals surface area (Å²) in [6.07, 6.45) is 1.59. The number of methoxy groups -OCH3 is 1. The van der Waals surface area contributed by atoms with E-state index in [0.717, 1.165) is 4.90 Å². The van der Waals surface area contributed by atoms with Gasteiger partial charge in [-0.25, -0.2) is 0 Å². The zero-order valence-corrected chi connectivity index (χ0v) is 22.6. The molecule has 0 fully saturated rings. The Hall–Kier alpha value is -4.33. The van der Waals surface area contributed by atoms with Crippen molar-refractivity contribution >= 4 is 52.7 Å².